The summed E-state index contributed by atoms with van der Waals surface area (Å²) in [5.74, 6) is 0. The van der Waals surface area contributed by atoms with Gasteiger partial charge in [-0.05, 0) is 31.4 Å². The summed E-state index contributed by atoms with van der Waals surface area (Å²) in [6.45, 7) is 6.08. The van der Waals surface area contributed by atoms with E-state index in [1.807, 2.05) is 42.9 Å². The fourth-order valence-electron chi connectivity index (χ4n) is 3.06. The van der Waals surface area contributed by atoms with Crippen molar-refractivity contribution in [1.82, 2.24) is 25.0 Å². The third kappa shape index (κ3) is 3.63. The number of hydrogen-bond acceptors (Lipinski definition) is 6. The molecule has 4 rings (SSSR count). The normalized spacial score (nSPS) is 16.4. The van der Waals surface area contributed by atoms with Gasteiger partial charge in [0.2, 0.25) is 0 Å². The molecule has 0 amide bonds. The molecular formula is C19H22N6OS. The van der Waals surface area contributed by atoms with Gasteiger partial charge in [0, 0.05) is 36.5 Å². The summed E-state index contributed by atoms with van der Waals surface area (Å²) in [5, 5.41) is 14.3. The van der Waals surface area contributed by atoms with Crippen LogP contribution in [0.3, 0.4) is 0 Å². The summed E-state index contributed by atoms with van der Waals surface area (Å²) in [5.41, 5.74) is 4.99. The van der Waals surface area contributed by atoms with Gasteiger partial charge in [0.05, 0.1) is 30.7 Å². The van der Waals surface area contributed by atoms with Crippen molar-refractivity contribution < 1.29 is 4.74 Å². The van der Waals surface area contributed by atoms with E-state index in [-0.39, 0.29) is 5.37 Å². The van der Waals surface area contributed by atoms with Crippen molar-refractivity contribution in [1.29, 1.82) is 0 Å². The van der Waals surface area contributed by atoms with Crippen LogP contribution in [-0.4, -0.2) is 38.2 Å². The van der Waals surface area contributed by atoms with Gasteiger partial charge in [0.25, 0.3) is 0 Å². The molecule has 0 spiro atoms. The van der Waals surface area contributed by atoms with Gasteiger partial charge in [-0.15, -0.1) is 11.8 Å². The number of pyridine rings is 1. The minimum absolute atomic E-state index is 0.121. The maximum Gasteiger partial charge on any atom is 0.134 e. The van der Waals surface area contributed by atoms with Crippen molar-refractivity contribution in [2.45, 2.75) is 25.8 Å². The van der Waals surface area contributed by atoms with Crippen LogP contribution >= 0.6 is 11.8 Å². The van der Waals surface area contributed by atoms with Crippen molar-refractivity contribution >= 4 is 17.4 Å². The number of thioether (sulfide) groups is 1. The SMILES string of the molecule is CCOCCn1cc(N2C=CSC2c2cn[nH]c2C)c(-c2ccccn2)n1. The number of aromatic nitrogens is 5. The van der Waals surface area contributed by atoms with Crippen LogP contribution in [0.4, 0.5) is 5.69 Å². The van der Waals surface area contributed by atoms with Gasteiger partial charge in [-0.2, -0.15) is 10.2 Å². The minimum atomic E-state index is 0.121. The molecule has 3 aromatic heterocycles. The predicted octanol–water partition coefficient (Wildman–Crippen LogP) is 3.74. The Morgan fingerprint density at radius 3 is 3.00 bits per heavy atom. The summed E-state index contributed by atoms with van der Waals surface area (Å²) in [4.78, 5) is 6.75. The Morgan fingerprint density at radius 2 is 2.26 bits per heavy atom. The maximum absolute atomic E-state index is 5.49. The lowest BCUT2D eigenvalue weighted by Crippen LogP contribution is -2.17. The van der Waals surface area contributed by atoms with Gasteiger partial charge in [-0.1, -0.05) is 6.07 Å². The zero-order valence-corrected chi connectivity index (χ0v) is 16.2. The molecule has 0 radical (unpaired) electrons. The van der Waals surface area contributed by atoms with E-state index in [1.54, 1.807) is 18.0 Å². The molecule has 1 aliphatic rings. The van der Waals surface area contributed by atoms with Crippen molar-refractivity contribution in [3.63, 3.8) is 0 Å². The van der Waals surface area contributed by atoms with E-state index in [0.29, 0.717) is 19.8 Å². The van der Waals surface area contributed by atoms with Gasteiger partial charge < -0.3 is 9.64 Å². The quantitative estimate of drug-likeness (QED) is 0.628. The third-order valence-corrected chi connectivity index (χ3v) is 5.43. The Hall–Kier alpha value is -2.58. The second kappa shape index (κ2) is 7.98. The zero-order chi connectivity index (χ0) is 18.6. The number of H-pyrrole nitrogens is 1. The first kappa shape index (κ1) is 17.8. The van der Waals surface area contributed by atoms with Gasteiger partial charge in [-0.25, -0.2) is 0 Å². The number of nitrogens with one attached hydrogen (secondary N) is 1. The monoisotopic (exact) mass is 382 g/mol. The third-order valence-electron chi connectivity index (χ3n) is 4.41. The molecule has 0 saturated carbocycles. The molecule has 140 valence electrons. The Morgan fingerprint density at radius 1 is 1.33 bits per heavy atom. The van der Waals surface area contributed by atoms with Gasteiger partial charge >= 0.3 is 0 Å². The number of nitrogens with zero attached hydrogens (tertiary/aromatic N) is 5. The molecule has 1 aliphatic heterocycles. The van der Waals surface area contributed by atoms with Crippen molar-refractivity contribution in [2.24, 2.45) is 0 Å². The number of aromatic amines is 1. The summed E-state index contributed by atoms with van der Waals surface area (Å²) in [6, 6.07) is 5.89. The van der Waals surface area contributed by atoms with E-state index in [9.17, 15) is 0 Å². The Labute approximate surface area is 162 Å². The van der Waals surface area contributed by atoms with E-state index in [1.165, 1.54) is 5.56 Å². The summed E-state index contributed by atoms with van der Waals surface area (Å²) >= 11 is 1.76. The second-order valence-electron chi connectivity index (χ2n) is 6.17. The Bertz CT molecular complexity index is 919. The average Bonchev–Trinajstić information content (AvgIpc) is 3.41. The van der Waals surface area contributed by atoms with E-state index < -0.39 is 0 Å². The first-order valence-electron chi connectivity index (χ1n) is 8.95. The lowest BCUT2D eigenvalue weighted by Gasteiger charge is -2.24. The highest BCUT2D eigenvalue weighted by Gasteiger charge is 2.29. The fourth-order valence-corrected chi connectivity index (χ4v) is 4.11. The fraction of sp³-hybridized carbons (Fsp3) is 0.316. The maximum atomic E-state index is 5.49. The van der Waals surface area contributed by atoms with Crippen LogP contribution in [0.2, 0.25) is 0 Å². The summed E-state index contributed by atoms with van der Waals surface area (Å²) in [7, 11) is 0. The lowest BCUT2D eigenvalue weighted by atomic mass is 10.2. The highest BCUT2D eigenvalue weighted by molar-refractivity contribution is 8.02. The van der Waals surface area contributed by atoms with Crippen LogP contribution < -0.4 is 4.90 Å². The molecule has 1 unspecified atom stereocenters. The summed E-state index contributed by atoms with van der Waals surface area (Å²) in [6.07, 6.45) is 7.86. The molecule has 0 bridgehead atoms. The molecule has 27 heavy (non-hydrogen) atoms. The van der Waals surface area contributed by atoms with Gasteiger partial charge in [-0.3, -0.25) is 14.8 Å². The van der Waals surface area contributed by atoms with Crippen molar-refractivity contribution in [2.75, 3.05) is 18.1 Å². The van der Waals surface area contributed by atoms with Crippen LogP contribution in [-0.2, 0) is 11.3 Å². The number of rotatable bonds is 7. The van der Waals surface area contributed by atoms with Crippen LogP contribution in [0.25, 0.3) is 11.4 Å². The summed E-state index contributed by atoms with van der Waals surface area (Å²) < 4.78 is 7.43. The number of aryl methyl sites for hydroxylation is 1. The highest BCUT2D eigenvalue weighted by atomic mass is 32.2. The van der Waals surface area contributed by atoms with E-state index in [4.69, 9.17) is 9.84 Å². The second-order valence-corrected chi connectivity index (χ2v) is 7.16. The van der Waals surface area contributed by atoms with E-state index in [2.05, 4.69) is 37.9 Å². The molecule has 0 aromatic carbocycles. The first-order chi connectivity index (χ1) is 13.3. The molecular weight excluding hydrogens is 360 g/mol. The smallest absolute Gasteiger partial charge is 0.134 e. The molecule has 3 aromatic rings. The largest absolute Gasteiger partial charge is 0.380 e. The minimum Gasteiger partial charge on any atom is -0.380 e. The number of anilines is 1. The zero-order valence-electron chi connectivity index (χ0n) is 15.4. The molecule has 4 heterocycles. The average molecular weight is 382 g/mol. The number of ether oxygens (including phenoxy) is 1. The van der Waals surface area contributed by atoms with Crippen LogP contribution in [0.15, 0.2) is 48.4 Å². The molecule has 0 aliphatic carbocycles. The molecule has 7 nitrogen and oxygen atoms in total. The molecule has 0 saturated heterocycles. The Balaban J connectivity index is 1.71. The molecule has 0 fully saturated rings. The van der Waals surface area contributed by atoms with E-state index >= 15 is 0 Å². The van der Waals surface area contributed by atoms with Crippen molar-refractivity contribution in [3.05, 3.63) is 59.7 Å². The predicted molar refractivity (Wildman–Crippen MR) is 107 cm³/mol. The first-order valence-corrected chi connectivity index (χ1v) is 9.89. The topological polar surface area (TPSA) is 71.9 Å². The van der Waals surface area contributed by atoms with Crippen LogP contribution in [0.5, 0.6) is 0 Å². The molecule has 8 heteroatoms. The Kier molecular flexibility index (Phi) is 5.26. The van der Waals surface area contributed by atoms with Crippen LogP contribution in [0, 0.1) is 6.92 Å². The number of hydrogen-bond donors (Lipinski definition) is 1. The standard InChI is InChI=1S/C19H22N6OS/c1-3-26-10-8-24-13-17(18(23-24)16-6-4-5-7-20-16)25-9-11-27-19(25)15-12-21-22-14(15)2/h4-7,9,11-13,19H,3,8,10H2,1-2H3,(H,21,22). The molecule has 1 atom stereocenters. The highest BCUT2D eigenvalue weighted by Crippen LogP contribution is 2.44. The van der Waals surface area contributed by atoms with Crippen LogP contribution in [0.1, 0.15) is 23.6 Å². The lowest BCUT2D eigenvalue weighted by molar-refractivity contribution is 0.136. The van der Waals surface area contributed by atoms with Gasteiger partial charge in [0.1, 0.15) is 11.1 Å². The van der Waals surface area contributed by atoms with E-state index in [0.717, 1.165) is 22.8 Å². The molecule has 1 N–H and O–H groups in total. The van der Waals surface area contributed by atoms with Crippen molar-refractivity contribution in [3.8, 4) is 11.4 Å². The van der Waals surface area contributed by atoms with Gasteiger partial charge in [0.15, 0.2) is 0 Å².